The van der Waals surface area contributed by atoms with Gasteiger partial charge >= 0.3 is 6.03 Å². The van der Waals surface area contributed by atoms with E-state index in [1.165, 1.54) is 11.1 Å². The molecule has 4 heteroatoms. The van der Waals surface area contributed by atoms with Gasteiger partial charge in [-0.3, -0.25) is 9.89 Å². The second-order valence-electron chi connectivity index (χ2n) is 6.03. The predicted octanol–water partition coefficient (Wildman–Crippen LogP) is 3.77. The molecule has 1 heterocycles. The van der Waals surface area contributed by atoms with E-state index in [2.05, 4.69) is 25.1 Å². The first-order chi connectivity index (χ1) is 11.7. The standard InChI is InChI=1S/C20H23N3O/c1-2-3-14-23(20(21)24)17-10-8-16(9-11-17)19-18-7-5-4-6-15(18)12-13-22-19/h4-11H,2-3,12-14H2,1H3,(H2,21,24). The minimum Gasteiger partial charge on any atom is -0.351 e. The Morgan fingerprint density at radius 3 is 2.62 bits per heavy atom. The molecule has 2 aromatic carbocycles. The average molecular weight is 321 g/mol. The molecule has 0 unspecified atom stereocenters. The highest BCUT2D eigenvalue weighted by molar-refractivity contribution is 6.14. The van der Waals surface area contributed by atoms with Gasteiger partial charge in [0.2, 0.25) is 0 Å². The summed E-state index contributed by atoms with van der Waals surface area (Å²) in [6.45, 7) is 3.56. The summed E-state index contributed by atoms with van der Waals surface area (Å²) in [5.74, 6) is 0. The smallest absolute Gasteiger partial charge is 0.319 e. The number of unbranched alkanes of at least 4 members (excludes halogenated alkanes) is 1. The van der Waals surface area contributed by atoms with Crippen LogP contribution in [0.25, 0.3) is 0 Å². The van der Waals surface area contributed by atoms with E-state index in [1.54, 1.807) is 4.90 Å². The van der Waals surface area contributed by atoms with Gasteiger partial charge in [-0.15, -0.1) is 0 Å². The predicted molar refractivity (Wildman–Crippen MR) is 98.9 cm³/mol. The molecule has 0 saturated carbocycles. The van der Waals surface area contributed by atoms with E-state index in [9.17, 15) is 4.79 Å². The van der Waals surface area contributed by atoms with Crippen LogP contribution in [0, 0.1) is 0 Å². The Kier molecular flexibility index (Phi) is 4.94. The second kappa shape index (κ2) is 7.30. The number of aliphatic imine (C=N–C) groups is 1. The molecule has 1 aliphatic heterocycles. The molecule has 24 heavy (non-hydrogen) atoms. The van der Waals surface area contributed by atoms with Crippen LogP contribution in [-0.2, 0) is 6.42 Å². The molecular formula is C20H23N3O. The topological polar surface area (TPSA) is 58.7 Å². The van der Waals surface area contributed by atoms with Crippen LogP contribution < -0.4 is 10.6 Å². The largest absolute Gasteiger partial charge is 0.351 e. The van der Waals surface area contributed by atoms with E-state index in [0.29, 0.717) is 6.54 Å². The van der Waals surface area contributed by atoms with E-state index < -0.39 is 6.03 Å². The molecule has 2 amide bonds. The number of carbonyl (C=O) groups excluding carboxylic acids is 1. The highest BCUT2D eigenvalue weighted by Gasteiger charge is 2.16. The first-order valence-corrected chi connectivity index (χ1v) is 8.51. The van der Waals surface area contributed by atoms with E-state index >= 15 is 0 Å². The minimum atomic E-state index is -0.406. The molecule has 0 aliphatic carbocycles. The number of carbonyl (C=O) groups is 1. The SMILES string of the molecule is CCCCN(C(N)=O)c1ccc(C2=NCCc3ccccc32)cc1. The maximum Gasteiger partial charge on any atom is 0.319 e. The number of urea groups is 1. The van der Waals surface area contributed by atoms with Gasteiger partial charge < -0.3 is 5.73 Å². The normalized spacial score (nSPS) is 13.1. The van der Waals surface area contributed by atoms with Crippen LogP contribution in [0.3, 0.4) is 0 Å². The summed E-state index contributed by atoms with van der Waals surface area (Å²) in [6.07, 6.45) is 2.95. The highest BCUT2D eigenvalue weighted by Crippen LogP contribution is 2.23. The Morgan fingerprint density at radius 2 is 1.92 bits per heavy atom. The first kappa shape index (κ1) is 16.2. The molecule has 124 valence electrons. The van der Waals surface area contributed by atoms with Crippen molar-refractivity contribution in [3.05, 3.63) is 65.2 Å². The average Bonchev–Trinajstić information content (AvgIpc) is 2.62. The highest BCUT2D eigenvalue weighted by atomic mass is 16.2. The molecule has 0 fully saturated rings. The number of nitrogens with two attached hydrogens (primary N) is 1. The van der Waals surface area contributed by atoms with E-state index in [1.807, 2.05) is 30.3 Å². The number of amides is 2. The lowest BCUT2D eigenvalue weighted by atomic mass is 9.93. The Labute approximate surface area is 143 Å². The van der Waals surface area contributed by atoms with Gasteiger partial charge in [-0.25, -0.2) is 4.79 Å². The van der Waals surface area contributed by atoms with Crippen molar-refractivity contribution < 1.29 is 4.79 Å². The minimum absolute atomic E-state index is 0.406. The number of fused-ring (bicyclic) bond motifs is 1. The summed E-state index contributed by atoms with van der Waals surface area (Å²) in [7, 11) is 0. The molecular weight excluding hydrogens is 298 g/mol. The molecule has 0 aromatic heterocycles. The van der Waals surface area contributed by atoms with Crippen molar-refractivity contribution in [2.75, 3.05) is 18.0 Å². The van der Waals surface area contributed by atoms with Crippen LogP contribution >= 0.6 is 0 Å². The zero-order chi connectivity index (χ0) is 16.9. The van der Waals surface area contributed by atoms with Gasteiger partial charge in [0.15, 0.2) is 0 Å². The monoisotopic (exact) mass is 321 g/mol. The molecule has 3 rings (SSSR count). The number of anilines is 1. The summed E-state index contributed by atoms with van der Waals surface area (Å²) in [5.41, 5.74) is 11.0. The third-order valence-corrected chi connectivity index (χ3v) is 4.38. The van der Waals surface area contributed by atoms with Crippen molar-refractivity contribution in [3.63, 3.8) is 0 Å². The molecule has 2 N–H and O–H groups in total. The molecule has 4 nitrogen and oxygen atoms in total. The quantitative estimate of drug-likeness (QED) is 0.895. The summed E-state index contributed by atoms with van der Waals surface area (Å²) in [5, 5.41) is 0. The number of nitrogens with zero attached hydrogens (tertiary/aromatic N) is 2. The van der Waals surface area contributed by atoms with Gasteiger partial charge in [0.05, 0.1) is 5.71 Å². The number of primary amides is 1. The summed E-state index contributed by atoms with van der Waals surface area (Å²) < 4.78 is 0. The zero-order valence-electron chi connectivity index (χ0n) is 14.0. The number of rotatable bonds is 5. The number of benzene rings is 2. The van der Waals surface area contributed by atoms with Crippen LogP contribution in [0.2, 0.25) is 0 Å². The van der Waals surface area contributed by atoms with Gasteiger partial charge in [0.1, 0.15) is 0 Å². The maximum atomic E-state index is 11.7. The maximum absolute atomic E-state index is 11.7. The van der Waals surface area contributed by atoms with Crippen LogP contribution in [0.4, 0.5) is 10.5 Å². The van der Waals surface area contributed by atoms with Crippen molar-refractivity contribution in [1.29, 1.82) is 0 Å². The van der Waals surface area contributed by atoms with Crippen LogP contribution in [-0.4, -0.2) is 24.8 Å². The fourth-order valence-corrected chi connectivity index (χ4v) is 3.07. The van der Waals surface area contributed by atoms with Gasteiger partial charge in [-0.1, -0.05) is 49.7 Å². The Bertz CT molecular complexity index is 750. The summed E-state index contributed by atoms with van der Waals surface area (Å²) in [6, 6.07) is 16.0. The molecule has 0 atom stereocenters. The molecule has 1 aliphatic rings. The first-order valence-electron chi connectivity index (χ1n) is 8.51. The summed E-state index contributed by atoms with van der Waals surface area (Å²) in [4.78, 5) is 18.0. The van der Waals surface area contributed by atoms with Crippen molar-refractivity contribution in [1.82, 2.24) is 0 Å². The summed E-state index contributed by atoms with van der Waals surface area (Å²) >= 11 is 0. The van der Waals surface area contributed by atoms with Gasteiger partial charge in [0.25, 0.3) is 0 Å². The zero-order valence-corrected chi connectivity index (χ0v) is 14.0. The van der Waals surface area contributed by atoms with Gasteiger partial charge in [0, 0.05) is 29.9 Å². The third-order valence-electron chi connectivity index (χ3n) is 4.38. The Hall–Kier alpha value is -2.62. The van der Waals surface area contributed by atoms with Crippen LogP contribution in [0.1, 0.15) is 36.5 Å². The molecule has 0 bridgehead atoms. The van der Waals surface area contributed by atoms with Gasteiger partial charge in [-0.05, 0) is 30.5 Å². The molecule has 0 saturated heterocycles. The lowest BCUT2D eigenvalue weighted by Crippen LogP contribution is -2.36. The van der Waals surface area contributed by atoms with E-state index in [-0.39, 0.29) is 0 Å². The van der Waals surface area contributed by atoms with E-state index in [0.717, 1.165) is 42.8 Å². The molecule has 0 radical (unpaired) electrons. The van der Waals surface area contributed by atoms with Crippen molar-refractivity contribution in [2.45, 2.75) is 26.2 Å². The molecule has 2 aromatic rings. The third kappa shape index (κ3) is 3.32. The van der Waals surface area contributed by atoms with Gasteiger partial charge in [-0.2, -0.15) is 0 Å². The fraction of sp³-hybridized carbons (Fsp3) is 0.300. The van der Waals surface area contributed by atoms with E-state index in [4.69, 9.17) is 10.7 Å². The number of hydrogen-bond acceptors (Lipinski definition) is 2. The van der Waals surface area contributed by atoms with Crippen LogP contribution in [0.5, 0.6) is 0 Å². The second-order valence-corrected chi connectivity index (χ2v) is 6.03. The Balaban J connectivity index is 1.87. The molecule has 0 spiro atoms. The van der Waals surface area contributed by atoms with Crippen molar-refractivity contribution >= 4 is 17.4 Å². The van der Waals surface area contributed by atoms with Crippen molar-refractivity contribution in [2.24, 2.45) is 10.7 Å². The van der Waals surface area contributed by atoms with Crippen LogP contribution in [0.15, 0.2) is 53.5 Å². The Morgan fingerprint density at radius 1 is 1.17 bits per heavy atom. The fourth-order valence-electron chi connectivity index (χ4n) is 3.07. The number of hydrogen-bond donors (Lipinski definition) is 1. The van der Waals surface area contributed by atoms with Crippen molar-refractivity contribution in [3.8, 4) is 0 Å². The lowest BCUT2D eigenvalue weighted by molar-refractivity contribution is 0.254. The lowest BCUT2D eigenvalue weighted by Gasteiger charge is -2.21.